The van der Waals surface area contributed by atoms with Crippen LogP contribution in [0.25, 0.3) is 0 Å². The molecule has 1 aromatic carbocycles. The minimum atomic E-state index is -1.34. The van der Waals surface area contributed by atoms with Crippen LogP contribution in [-0.4, -0.2) is 31.0 Å². The van der Waals surface area contributed by atoms with Crippen LogP contribution in [-0.2, 0) is 16.1 Å². The number of amides is 1. The number of benzene rings is 1. The van der Waals surface area contributed by atoms with Crippen LogP contribution >= 0.6 is 0 Å². The molecule has 0 aromatic heterocycles. The molecule has 0 saturated carbocycles. The van der Waals surface area contributed by atoms with Gasteiger partial charge in [-0.15, -0.1) is 0 Å². The summed E-state index contributed by atoms with van der Waals surface area (Å²) in [5.74, 6) is -3.67. The van der Waals surface area contributed by atoms with E-state index >= 15 is 0 Å². The fourth-order valence-electron chi connectivity index (χ4n) is 2.37. The van der Waals surface area contributed by atoms with E-state index in [0.29, 0.717) is 18.0 Å². The highest BCUT2D eigenvalue weighted by molar-refractivity contribution is 5.84. The quantitative estimate of drug-likeness (QED) is 0.671. The van der Waals surface area contributed by atoms with Crippen molar-refractivity contribution in [3.63, 3.8) is 0 Å². The van der Waals surface area contributed by atoms with E-state index in [1.54, 1.807) is 0 Å². The minimum Gasteiger partial charge on any atom is -0.550 e. The summed E-state index contributed by atoms with van der Waals surface area (Å²) in [7, 11) is 0. The van der Waals surface area contributed by atoms with E-state index in [2.05, 4.69) is 5.32 Å². The number of carbonyl (C=O) groups is 2. The van der Waals surface area contributed by atoms with Gasteiger partial charge in [-0.25, -0.2) is 8.78 Å². The first-order chi connectivity index (χ1) is 9.49. The second-order valence-corrected chi connectivity index (χ2v) is 4.72. The zero-order valence-electron chi connectivity index (χ0n) is 10.6. The van der Waals surface area contributed by atoms with Crippen molar-refractivity contribution in [2.24, 2.45) is 0 Å². The predicted molar refractivity (Wildman–Crippen MR) is 62.3 cm³/mol. The van der Waals surface area contributed by atoms with Gasteiger partial charge in [0, 0.05) is 18.0 Å². The van der Waals surface area contributed by atoms with E-state index in [1.807, 2.05) is 0 Å². The highest BCUT2D eigenvalue weighted by atomic mass is 19.2. The van der Waals surface area contributed by atoms with Gasteiger partial charge in [-0.05, 0) is 6.07 Å². The van der Waals surface area contributed by atoms with Gasteiger partial charge in [0.25, 0.3) is 5.91 Å². The third kappa shape index (κ3) is 3.11. The number of hydrogen-bond donors (Lipinski definition) is 2. The van der Waals surface area contributed by atoms with Gasteiger partial charge in [0.05, 0.1) is 13.1 Å². The first-order valence-corrected chi connectivity index (χ1v) is 6.24. The maximum absolute atomic E-state index is 13.6. The number of rotatable bonds is 4. The third-order valence-electron chi connectivity index (χ3n) is 3.37. The molecule has 2 rings (SSSR count). The van der Waals surface area contributed by atoms with E-state index in [-0.39, 0.29) is 12.1 Å². The van der Waals surface area contributed by atoms with Crippen molar-refractivity contribution < 1.29 is 28.4 Å². The third-order valence-corrected chi connectivity index (χ3v) is 3.37. The van der Waals surface area contributed by atoms with Gasteiger partial charge >= 0.3 is 0 Å². The molecule has 1 aromatic rings. The fourth-order valence-corrected chi connectivity index (χ4v) is 2.37. The molecular weight excluding hydrogens is 270 g/mol. The number of nitrogens with one attached hydrogen (secondary N) is 2. The summed E-state index contributed by atoms with van der Waals surface area (Å²) >= 11 is 0. The van der Waals surface area contributed by atoms with Crippen LogP contribution in [0, 0.1) is 11.6 Å². The van der Waals surface area contributed by atoms with Crippen LogP contribution in [0.15, 0.2) is 18.2 Å². The summed E-state index contributed by atoms with van der Waals surface area (Å²) < 4.78 is 26.8. The van der Waals surface area contributed by atoms with Crippen LogP contribution in [0.1, 0.15) is 12.0 Å². The van der Waals surface area contributed by atoms with Crippen molar-refractivity contribution in [1.29, 1.82) is 0 Å². The van der Waals surface area contributed by atoms with Crippen molar-refractivity contribution in [2.45, 2.75) is 19.0 Å². The van der Waals surface area contributed by atoms with Gasteiger partial charge in [-0.2, -0.15) is 0 Å². The largest absolute Gasteiger partial charge is 0.550 e. The molecule has 1 unspecified atom stereocenters. The van der Waals surface area contributed by atoms with E-state index in [1.165, 1.54) is 12.1 Å². The minimum absolute atomic E-state index is 0.0506. The second-order valence-electron chi connectivity index (χ2n) is 4.72. The van der Waals surface area contributed by atoms with E-state index < -0.39 is 36.0 Å². The number of halogens is 2. The molecule has 108 valence electrons. The number of piperazine rings is 1. The molecule has 2 atom stereocenters. The summed E-state index contributed by atoms with van der Waals surface area (Å²) in [6, 6.07) is 2.96. The van der Waals surface area contributed by atoms with Crippen LogP contribution in [0.2, 0.25) is 0 Å². The normalized spacial score (nSPS) is 22.4. The van der Waals surface area contributed by atoms with Crippen molar-refractivity contribution in [2.75, 3.05) is 13.1 Å². The SMILES string of the molecule is O=C([O-])C[C@@H]1C(=O)NCC[NH+]1Cc1cccc(F)c1F. The number of quaternary nitrogens is 1. The molecular formula is C13H14F2N2O3. The molecule has 1 aliphatic rings. The lowest BCUT2D eigenvalue weighted by molar-refractivity contribution is -0.931. The lowest BCUT2D eigenvalue weighted by atomic mass is 10.1. The number of carbonyl (C=O) groups excluding carboxylic acids is 2. The Morgan fingerprint density at radius 3 is 2.90 bits per heavy atom. The summed E-state index contributed by atoms with van der Waals surface area (Å²) in [6.45, 7) is 0.864. The smallest absolute Gasteiger partial charge is 0.278 e. The predicted octanol–water partition coefficient (Wildman–Crippen LogP) is -2.01. The number of carboxylic acid groups (broad SMARTS) is 1. The Morgan fingerprint density at radius 1 is 1.45 bits per heavy atom. The lowest BCUT2D eigenvalue weighted by Gasteiger charge is -2.32. The second kappa shape index (κ2) is 5.96. The molecule has 20 heavy (non-hydrogen) atoms. The van der Waals surface area contributed by atoms with Crippen LogP contribution in [0.4, 0.5) is 8.78 Å². The lowest BCUT2D eigenvalue weighted by Crippen LogP contribution is -3.18. The van der Waals surface area contributed by atoms with Gasteiger partial charge < -0.3 is 20.1 Å². The summed E-state index contributed by atoms with van der Waals surface area (Å²) in [6.07, 6.45) is -0.446. The Labute approximate surface area is 114 Å². The van der Waals surface area contributed by atoms with Gasteiger partial charge in [0.2, 0.25) is 0 Å². The zero-order chi connectivity index (χ0) is 14.7. The van der Waals surface area contributed by atoms with Crippen molar-refractivity contribution in [3.05, 3.63) is 35.4 Å². The van der Waals surface area contributed by atoms with Gasteiger partial charge in [-0.1, -0.05) is 12.1 Å². The number of carboxylic acids is 1. The number of aliphatic carboxylic acids is 1. The molecule has 2 N–H and O–H groups in total. The molecule has 5 nitrogen and oxygen atoms in total. The molecule has 1 saturated heterocycles. The van der Waals surface area contributed by atoms with Crippen LogP contribution in [0.5, 0.6) is 0 Å². The fraction of sp³-hybridized carbons (Fsp3) is 0.385. The Kier molecular flexibility index (Phi) is 4.29. The molecule has 1 fully saturated rings. The Hall–Kier alpha value is -2.02. The monoisotopic (exact) mass is 284 g/mol. The standard InChI is InChI=1S/C13H14F2N2O3/c14-9-3-1-2-8(12(9)15)7-17-5-4-16-13(20)10(17)6-11(18)19/h1-3,10H,4-7H2,(H,16,20)(H,18,19)/t10-/m1/s1. The Balaban J connectivity index is 2.18. The highest BCUT2D eigenvalue weighted by Gasteiger charge is 2.34. The average molecular weight is 284 g/mol. The van der Waals surface area contributed by atoms with Gasteiger partial charge in [0.1, 0.15) is 6.54 Å². The van der Waals surface area contributed by atoms with Crippen molar-refractivity contribution in [1.82, 2.24) is 5.32 Å². The molecule has 1 heterocycles. The first-order valence-electron chi connectivity index (χ1n) is 6.24. The zero-order valence-corrected chi connectivity index (χ0v) is 10.6. The summed E-state index contributed by atoms with van der Waals surface area (Å²) in [4.78, 5) is 23.0. The Bertz CT molecular complexity index is 536. The summed E-state index contributed by atoms with van der Waals surface area (Å²) in [5.41, 5.74) is 0.123. The van der Waals surface area contributed by atoms with E-state index in [0.717, 1.165) is 6.07 Å². The molecule has 0 radical (unpaired) electrons. The summed E-state index contributed by atoms with van der Waals surface area (Å²) in [5, 5.41) is 13.3. The topological polar surface area (TPSA) is 73.7 Å². The Morgan fingerprint density at radius 2 is 2.20 bits per heavy atom. The molecule has 0 spiro atoms. The van der Waals surface area contributed by atoms with E-state index in [9.17, 15) is 23.5 Å². The molecule has 7 heteroatoms. The molecule has 0 aliphatic carbocycles. The average Bonchev–Trinajstić information content (AvgIpc) is 2.38. The van der Waals surface area contributed by atoms with Gasteiger partial charge in [0.15, 0.2) is 17.7 Å². The molecule has 0 bridgehead atoms. The maximum Gasteiger partial charge on any atom is 0.278 e. The van der Waals surface area contributed by atoms with Crippen molar-refractivity contribution >= 4 is 11.9 Å². The van der Waals surface area contributed by atoms with E-state index in [4.69, 9.17) is 0 Å². The highest BCUT2D eigenvalue weighted by Crippen LogP contribution is 2.10. The van der Waals surface area contributed by atoms with Crippen LogP contribution < -0.4 is 15.3 Å². The molecule has 1 amide bonds. The maximum atomic E-state index is 13.6. The molecule has 1 aliphatic heterocycles. The first kappa shape index (κ1) is 14.4. The van der Waals surface area contributed by atoms with Crippen molar-refractivity contribution in [3.8, 4) is 0 Å². The van der Waals surface area contributed by atoms with Crippen LogP contribution in [0.3, 0.4) is 0 Å². The number of hydrogen-bond acceptors (Lipinski definition) is 3. The van der Waals surface area contributed by atoms with Gasteiger partial charge in [-0.3, -0.25) is 4.79 Å².